The molecule has 5 heteroatoms. The van der Waals surface area contributed by atoms with Crippen molar-refractivity contribution >= 4 is 11.8 Å². The first-order valence-corrected chi connectivity index (χ1v) is 9.21. The Balaban J connectivity index is 1.40. The van der Waals surface area contributed by atoms with Gasteiger partial charge in [0.2, 0.25) is 5.91 Å². The maximum Gasteiger partial charge on any atom is 0.253 e. The first-order valence-electron chi connectivity index (χ1n) is 9.21. The van der Waals surface area contributed by atoms with Gasteiger partial charge >= 0.3 is 0 Å². The third-order valence-corrected chi connectivity index (χ3v) is 5.37. The monoisotopic (exact) mass is 329 g/mol. The summed E-state index contributed by atoms with van der Waals surface area (Å²) in [4.78, 5) is 30.5. The number of hydrogen-bond donors (Lipinski definition) is 1. The molecule has 3 rings (SSSR count). The normalized spacial score (nSPS) is 19.9. The molecule has 2 amide bonds. The van der Waals surface area contributed by atoms with Crippen LogP contribution in [0.2, 0.25) is 0 Å². The molecule has 0 atom stereocenters. The van der Waals surface area contributed by atoms with Crippen LogP contribution >= 0.6 is 0 Å². The van der Waals surface area contributed by atoms with Gasteiger partial charge in [0, 0.05) is 43.5 Å². The summed E-state index contributed by atoms with van der Waals surface area (Å²) in [5.74, 6) is 1.04. The van der Waals surface area contributed by atoms with Crippen molar-refractivity contribution in [2.24, 2.45) is 11.8 Å². The highest BCUT2D eigenvalue weighted by Gasteiger charge is 2.25. The van der Waals surface area contributed by atoms with Crippen LogP contribution in [0.15, 0.2) is 24.5 Å². The van der Waals surface area contributed by atoms with Crippen molar-refractivity contribution < 1.29 is 9.59 Å². The van der Waals surface area contributed by atoms with Crippen LogP contribution in [0.5, 0.6) is 0 Å². The molecule has 0 spiro atoms. The van der Waals surface area contributed by atoms with Crippen molar-refractivity contribution in [3.05, 3.63) is 30.1 Å². The van der Waals surface area contributed by atoms with Crippen LogP contribution in [0.1, 0.15) is 55.3 Å². The summed E-state index contributed by atoms with van der Waals surface area (Å²) in [6.45, 7) is 2.29. The van der Waals surface area contributed by atoms with Gasteiger partial charge in [-0.3, -0.25) is 14.6 Å². The summed E-state index contributed by atoms with van der Waals surface area (Å²) < 4.78 is 0. The molecule has 1 saturated carbocycles. The van der Waals surface area contributed by atoms with E-state index >= 15 is 0 Å². The highest BCUT2D eigenvalue weighted by molar-refractivity contribution is 5.94. The number of aromatic nitrogens is 1. The predicted octanol–water partition coefficient (Wildman–Crippen LogP) is 2.63. The largest absolute Gasteiger partial charge is 0.356 e. The second-order valence-corrected chi connectivity index (χ2v) is 7.05. The Labute approximate surface area is 143 Å². The molecule has 0 radical (unpaired) electrons. The number of likely N-dealkylation sites (tertiary alicyclic amines) is 1. The SMILES string of the molecule is O=C(NCC1CCN(C(=O)c2ccncc2)CC1)C1CCCCC1. The van der Waals surface area contributed by atoms with Crippen molar-refractivity contribution in [1.82, 2.24) is 15.2 Å². The Bertz CT molecular complexity index is 547. The molecular weight excluding hydrogens is 302 g/mol. The minimum Gasteiger partial charge on any atom is -0.356 e. The fourth-order valence-corrected chi connectivity index (χ4v) is 3.77. The van der Waals surface area contributed by atoms with Crippen LogP contribution in [0.4, 0.5) is 0 Å². The molecule has 2 aliphatic rings. The third-order valence-electron chi connectivity index (χ3n) is 5.37. The molecule has 0 aromatic carbocycles. The van der Waals surface area contributed by atoms with Crippen molar-refractivity contribution in [2.75, 3.05) is 19.6 Å². The molecule has 5 nitrogen and oxygen atoms in total. The number of pyridine rings is 1. The van der Waals surface area contributed by atoms with E-state index in [4.69, 9.17) is 0 Å². The van der Waals surface area contributed by atoms with Crippen LogP contribution in [-0.2, 0) is 4.79 Å². The summed E-state index contributed by atoms with van der Waals surface area (Å²) in [6, 6.07) is 3.53. The van der Waals surface area contributed by atoms with E-state index in [9.17, 15) is 9.59 Å². The fraction of sp³-hybridized carbons (Fsp3) is 0.632. The molecular formula is C19H27N3O2. The van der Waals surface area contributed by atoms with Crippen molar-refractivity contribution in [3.8, 4) is 0 Å². The standard InChI is InChI=1S/C19H27N3O2/c23-18(16-4-2-1-3-5-16)21-14-15-8-12-22(13-9-15)19(24)17-6-10-20-11-7-17/h6-7,10-11,15-16H,1-5,8-9,12-14H2,(H,21,23). The van der Waals surface area contributed by atoms with E-state index in [-0.39, 0.29) is 17.7 Å². The molecule has 130 valence electrons. The second kappa shape index (κ2) is 8.27. The molecule has 0 bridgehead atoms. The van der Waals surface area contributed by atoms with E-state index in [0.29, 0.717) is 11.5 Å². The van der Waals surface area contributed by atoms with Gasteiger partial charge in [-0.25, -0.2) is 0 Å². The van der Waals surface area contributed by atoms with Gasteiger partial charge in [-0.1, -0.05) is 19.3 Å². The number of carbonyl (C=O) groups excluding carboxylic acids is 2. The number of piperidine rings is 1. The van der Waals surface area contributed by atoms with Crippen LogP contribution in [-0.4, -0.2) is 41.3 Å². The van der Waals surface area contributed by atoms with Gasteiger partial charge < -0.3 is 10.2 Å². The quantitative estimate of drug-likeness (QED) is 0.923. The zero-order chi connectivity index (χ0) is 16.8. The number of nitrogens with zero attached hydrogens (tertiary/aromatic N) is 2. The highest BCUT2D eigenvalue weighted by Crippen LogP contribution is 2.24. The maximum absolute atomic E-state index is 12.4. The maximum atomic E-state index is 12.4. The Hall–Kier alpha value is -1.91. The molecule has 1 aromatic heterocycles. The van der Waals surface area contributed by atoms with E-state index in [0.717, 1.165) is 45.3 Å². The minimum absolute atomic E-state index is 0.0853. The molecule has 1 aliphatic heterocycles. The zero-order valence-electron chi connectivity index (χ0n) is 14.2. The Morgan fingerprint density at radius 2 is 1.71 bits per heavy atom. The fourth-order valence-electron chi connectivity index (χ4n) is 3.77. The van der Waals surface area contributed by atoms with Crippen LogP contribution < -0.4 is 5.32 Å². The van der Waals surface area contributed by atoms with Crippen LogP contribution in [0.25, 0.3) is 0 Å². The first-order chi connectivity index (χ1) is 11.7. The van der Waals surface area contributed by atoms with E-state index in [1.807, 2.05) is 4.90 Å². The Kier molecular flexibility index (Phi) is 5.83. The number of hydrogen-bond acceptors (Lipinski definition) is 3. The smallest absolute Gasteiger partial charge is 0.253 e. The predicted molar refractivity (Wildman–Crippen MR) is 92.4 cm³/mol. The highest BCUT2D eigenvalue weighted by atomic mass is 16.2. The number of nitrogens with one attached hydrogen (secondary N) is 1. The van der Waals surface area contributed by atoms with Crippen molar-refractivity contribution in [3.63, 3.8) is 0 Å². The lowest BCUT2D eigenvalue weighted by Crippen LogP contribution is -2.42. The van der Waals surface area contributed by atoms with E-state index in [2.05, 4.69) is 10.3 Å². The summed E-state index contributed by atoms with van der Waals surface area (Å²) in [5.41, 5.74) is 0.703. The van der Waals surface area contributed by atoms with Gasteiger partial charge in [0.1, 0.15) is 0 Å². The van der Waals surface area contributed by atoms with Gasteiger partial charge in [-0.15, -0.1) is 0 Å². The Morgan fingerprint density at radius 3 is 2.38 bits per heavy atom. The second-order valence-electron chi connectivity index (χ2n) is 7.05. The van der Waals surface area contributed by atoms with Gasteiger partial charge in [0.25, 0.3) is 5.91 Å². The van der Waals surface area contributed by atoms with Gasteiger partial charge in [-0.2, -0.15) is 0 Å². The van der Waals surface area contributed by atoms with E-state index in [1.54, 1.807) is 24.5 Å². The van der Waals surface area contributed by atoms with Crippen molar-refractivity contribution in [2.45, 2.75) is 44.9 Å². The molecule has 1 N–H and O–H groups in total. The third kappa shape index (κ3) is 4.34. The molecule has 2 heterocycles. The van der Waals surface area contributed by atoms with Crippen LogP contribution in [0, 0.1) is 11.8 Å². The van der Waals surface area contributed by atoms with Gasteiger partial charge in [0.05, 0.1) is 0 Å². The average molecular weight is 329 g/mol. The number of rotatable bonds is 4. The summed E-state index contributed by atoms with van der Waals surface area (Å²) in [6.07, 6.45) is 11.0. The first kappa shape index (κ1) is 16.9. The lowest BCUT2D eigenvalue weighted by Gasteiger charge is -2.32. The molecule has 24 heavy (non-hydrogen) atoms. The Morgan fingerprint density at radius 1 is 1.04 bits per heavy atom. The zero-order valence-corrected chi connectivity index (χ0v) is 14.2. The van der Waals surface area contributed by atoms with Gasteiger partial charge in [-0.05, 0) is 43.7 Å². The van der Waals surface area contributed by atoms with E-state index < -0.39 is 0 Å². The molecule has 1 aliphatic carbocycles. The minimum atomic E-state index is 0.0853. The molecule has 0 unspecified atom stereocenters. The molecule has 1 aromatic rings. The number of carbonyl (C=O) groups is 2. The van der Waals surface area contributed by atoms with Crippen molar-refractivity contribution in [1.29, 1.82) is 0 Å². The summed E-state index contributed by atoms with van der Waals surface area (Å²) in [5, 5.41) is 3.15. The van der Waals surface area contributed by atoms with Gasteiger partial charge in [0.15, 0.2) is 0 Å². The molecule has 2 fully saturated rings. The summed E-state index contributed by atoms with van der Waals surface area (Å²) in [7, 11) is 0. The van der Waals surface area contributed by atoms with Crippen LogP contribution in [0.3, 0.4) is 0 Å². The lowest BCUT2D eigenvalue weighted by molar-refractivity contribution is -0.126. The average Bonchev–Trinajstić information content (AvgIpc) is 2.67. The van der Waals surface area contributed by atoms with E-state index in [1.165, 1.54) is 19.3 Å². The number of amides is 2. The topological polar surface area (TPSA) is 62.3 Å². The lowest BCUT2D eigenvalue weighted by atomic mass is 9.88. The summed E-state index contributed by atoms with van der Waals surface area (Å²) >= 11 is 0. The molecule has 1 saturated heterocycles.